The molecular weight excluding hydrogens is 301 g/mol. The molecule has 1 N–H and O–H groups in total. The number of carboxylic acid groups (broad SMARTS) is 1. The van der Waals surface area contributed by atoms with Gasteiger partial charge in [-0.3, -0.25) is 4.79 Å². The average Bonchev–Trinajstić information content (AvgIpc) is 2.67. The lowest BCUT2D eigenvalue weighted by Crippen LogP contribution is -2.10. The number of aryl methyl sites for hydroxylation is 1. The Morgan fingerprint density at radius 3 is 2.74 bits per heavy atom. The van der Waals surface area contributed by atoms with Gasteiger partial charge in [-0.1, -0.05) is 18.7 Å². The van der Waals surface area contributed by atoms with E-state index in [9.17, 15) is 18.0 Å². The summed E-state index contributed by atoms with van der Waals surface area (Å²) in [5, 5.41) is 9.05. The first-order chi connectivity index (χ1) is 8.83. The molecule has 0 aliphatic heterocycles. The molecule has 1 aromatic rings. The van der Waals surface area contributed by atoms with Crippen LogP contribution in [0.2, 0.25) is 0 Å². The summed E-state index contributed by atoms with van der Waals surface area (Å²) in [6.07, 6.45) is 2.21. The van der Waals surface area contributed by atoms with Crippen molar-refractivity contribution in [1.82, 2.24) is 9.55 Å². The molecule has 0 radical (unpaired) electrons. The van der Waals surface area contributed by atoms with E-state index in [1.165, 1.54) is 0 Å². The van der Waals surface area contributed by atoms with Crippen LogP contribution < -0.4 is 0 Å². The zero-order valence-corrected chi connectivity index (χ0v) is 11.7. The van der Waals surface area contributed by atoms with Gasteiger partial charge < -0.3 is 9.67 Å². The average molecular weight is 314 g/mol. The number of thioether (sulfide) groups is 2. The van der Waals surface area contributed by atoms with Gasteiger partial charge in [0.15, 0.2) is 5.16 Å². The van der Waals surface area contributed by atoms with Gasteiger partial charge in [-0.25, -0.2) is 4.98 Å². The molecule has 9 heteroatoms. The largest absolute Gasteiger partial charge is 0.481 e. The maximum atomic E-state index is 12.1. The Balaban J connectivity index is 2.67. The molecule has 1 rings (SSSR count). The van der Waals surface area contributed by atoms with Crippen LogP contribution >= 0.6 is 23.5 Å². The van der Waals surface area contributed by atoms with Crippen molar-refractivity contribution in [3.05, 3.63) is 11.9 Å². The van der Waals surface area contributed by atoms with E-state index < -0.39 is 11.5 Å². The first-order valence-corrected chi connectivity index (χ1v) is 7.40. The third kappa shape index (κ3) is 5.77. The number of carboxylic acids is 1. The Labute approximate surface area is 116 Å². The van der Waals surface area contributed by atoms with E-state index in [4.69, 9.17) is 5.11 Å². The number of aliphatic carboxylic acids is 1. The van der Waals surface area contributed by atoms with Crippen molar-refractivity contribution in [3.63, 3.8) is 0 Å². The molecule has 0 unspecified atom stereocenters. The monoisotopic (exact) mass is 314 g/mol. The molecule has 0 saturated heterocycles. The minimum atomic E-state index is -4.25. The highest BCUT2D eigenvalue weighted by Gasteiger charge is 2.27. The molecule has 108 valence electrons. The number of alkyl halides is 3. The third-order valence-electron chi connectivity index (χ3n) is 2.17. The summed E-state index contributed by atoms with van der Waals surface area (Å²) < 4.78 is 37.9. The lowest BCUT2D eigenvalue weighted by Gasteiger charge is -2.11. The van der Waals surface area contributed by atoms with Gasteiger partial charge >= 0.3 is 11.5 Å². The second-order valence-electron chi connectivity index (χ2n) is 3.51. The van der Waals surface area contributed by atoms with Crippen molar-refractivity contribution < 1.29 is 23.1 Å². The van der Waals surface area contributed by atoms with Crippen molar-refractivity contribution in [2.45, 2.75) is 30.6 Å². The summed E-state index contributed by atoms with van der Waals surface area (Å²) in [5.41, 5.74) is -3.45. The fourth-order valence-corrected chi connectivity index (χ4v) is 2.66. The van der Waals surface area contributed by atoms with Gasteiger partial charge in [-0.2, -0.15) is 13.2 Å². The maximum Gasteiger partial charge on any atom is 0.441 e. The lowest BCUT2D eigenvalue weighted by atomic mass is 10.4. The Hall–Kier alpha value is -0.830. The predicted octanol–water partition coefficient (Wildman–Crippen LogP) is 2.88. The topological polar surface area (TPSA) is 55.1 Å². The number of nitrogens with zero attached hydrogens (tertiary/aromatic N) is 2. The number of halogens is 3. The summed E-state index contributed by atoms with van der Waals surface area (Å²) in [7, 11) is 0. The van der Waals surface area contributed by atoms with Crippen LogP contribution in [-0.2, 0) is 17.8 Å². The van der Waals surface area contributed by atoms with Crippen molar-refractivity contribution in [3.8, 4) is 0 Å². The summed E-state index contributed by atoms with van der Waals surface area (Å²) in [6, 6.07) is 0. The first-order valence-electron chi connectivity index (χ1n) is 5.43. The molecule has 0 spiro atoms. The van der Waals surface area contributed by atoms with Crippen LogP contribution in [0.25, 0.3) is 0 Å². The highest BCUT2D eigenvalue weighted by atomic mass is 32.2. The van der Waals surface area contributed by atoms with E-state index in [1.54, 1.807) is 10.8 Å². The van der Waals surface area contributed by atoms with Crippen molar-refractivity contribution in [1.29, 1.82) is 0 Å². The molecule has 0 amide bonds. The van der Waals surface area contributed by atoms with E-state index in [-0.39, 0.29) is 29.8 Å². The van der Waals surface area contributed by atoms with E-state index in [2.05, 4.69) is 4.98 Å². The molecule has 0 aliphatic carbocycles. The first kappa shape index (κ1) is 16.2. The van der Waals surface area contributed by atoms with Crippen LogP contribution in [0.4, 0.5) is 13.2 Å². The molecule has 0 bridgehead atoms. The van der Waals surface area contributed by atoms with Gasteiger partial charge in [0, 0.05) is 24.2 Å². The Bertz CT molecular complexity index is 435. The minimum absolute atomic E-state index is 0.0901. The predicted molar refractivity (Wildman–Crippen MR) is 68.5 cm³/mol. The summed E-state index contributed by atoms with van der Waals surface area (Å²) in [5.74, 6) is -1.26. The van der Waals surface area contributed by atoms with Crippen LogP contribution in [0, 0.1) is 0 Å². The van der Waals surface area contributed by atoms with Crippen molar-refractivity contribution >= 4 is 29.5 Å². The number of hydrogen-bond acceptors (Lipinski definition) is 4. The third-order valence-corrected chi connectivity index (χ3v) is 3.86. The highest BCUT2D eigenvalue weighted by molar-refractivity contribution is 8.00. The second kappa shape index (κ2) is 7.09. The Kier molecular flexibility index (Phi) is 6.05. The normalized spacial score (nSPS) is 11.8. The number of aromatic nitrogens is 2. The SMILES string of the molecule is CCc1cnc(SCC(=O)O)n1CCSC(F)(F)F. The van der Waals surface area contributed by atoms with E-state index in [1.807, 2.05) is 6.92 Å². The molecular formula is C10H13F3N2O2S2. The summed E-state index contributed by atoms with van der Waals surface area (Å²) in [4.78, 5) is 14.5. The molecule has 1 aromatic heterocycles. The number of carbonyl (C=O) groups is 1. The van der Waals surface area contributed by atoms with Gasteiger partial charge in [0.1, 0.15) is 0 Å². The van der Waals surface area contributed by atoms with Gasteiger partial charge in [-0.15, -0.1) is 0 Å². The van der Waals surface area contributed by atoms with Crippen molar-refractivity contribution in [2.75, 3.05) is 11.5 Å². The van der Waals surface area contributed by atoms with Crippen LogP contribution in [-0.4, -0.2) is 37.6 Å². The fourth-order valence-electron chi connectivity index (χ4n) is 1.41. The zero-order chi connectivity index (χ0) is 14.5. The van der Waals surface area contributed by atoms with E-state index in [0.717, 1.165) is 17.5 Å². The second-order valence-corrected chi connectivity index (χ2v) is 5.62. The van der Waals surface area contributed by atoms with Gasteiger partial charge in [0.2, 0.25) is 0 Å². The van der Waals surface area contributed by atoms with Crippen LogP contribution in [0.5, 0.6) is 0 Å². The number of hydrogen-bond donors (Lipinski definition) is 1. The van der Waals surface area contributed by atoms with Crippen LogP contribution in [0.1, 0.15) is 12.6 Å². The molecule has 0 saturated carbocycles. The fraction of sp³-hybridized carbons (Fsp3) is 0.600. The lowest BCUT2D eigenvalue weighted by molar-refractivity contribution is -0.133. The van der Waals surface area contributed by atoms with Crippen LogP contribution in [0.15, 0.2) is 11.4 Å². The molecule has 19 heavy (non-hydrogen) atoms. The van der Waals surface area contributed by atoms with Crippen molar-refractivity contribution in [2.24, 2.45) is 0 Å². The number of rotatable bonds is 7. The maximum absolute atomic E-state index is 12.1. The molecule has 1 heterocycles. The standard InChI is InChI=1S/C10H13F3N2O2S2/c1-2-7-5-14-9(18-6-8(16)17)15(7)3-4-19-10(11,12)13/h5H,2-4,6H2,1H3,(H,16,17). The van der Waals surface area contributed by atoms with Gasteiger partial charge in [0.25, 0.3) is 0 Å². The van der Waals surface area contributed by atoms with Gasteiger partial charge in [-0.05, 0) is 18.2 Å². The summed E-state index contributed by atoms with van der Waals surface area (Å²) in [6.45, 7) is 2.03. The zero-order valence-electron chi connectivity index (χ0n) is 10.1. The summed E-state index contributed by atoms with van der Waals surface area (Å²) >= 11 is 0.921. The van der Waals surface area contributed by atoms with Gasteiger partial charge in [0.05, 0.1) is 5.75 Å². The molecule has 0 fully saturated rings. The molecule has 0 atom stereocenters. The Morgan fingerprint density at radius 1 is 1.53 bits per heavy atom. The van der Waals surface area contributed by atoms with Crippen LogP contribution in [0.3, 0.4) is 0 Å². The highest BCUT2D eigenvalue weighted by Crippen LogP contribution is 2.30. The Morgan fingerprint density at radius 2 is 2.21 bits per heavy atom. The molecule has 4 nitrogen and oxygen atoms in total. The number of imidazole rings is 1. The minimum Gasteiger partial charge on any atom is -0.481 e. The van der Waals surface area contributed by atoms with E-state index >= 15 is 0 Å². The quantitative estimate of drug-likeness (QED) is 0.784. The smallest absolute Gasteiger partial charge is 0.441 e. The molecule has 0 aromatic carbocycles. The molecule has 0 aliphatic rings. The van der Waals surface area contributed by atoms with E-state index in [0.29, 0.717) is 11.6 Å².